The van der Waals surface area contributed by atoms with Crippen LogP contribution in [0.1, 0.15) is 117 Å². The average Bonchev–Trinajstić information content (AvgIpc) is 4.04. The van der Waals surface area contributed by atoms with E-state index in [-0.39, 0.29) is 12.8 Å². The first-order chi connectivity index (χ1) is 31.8. The lowest BCUT2D eigenvalue weighted by Crippen LogP contribution is -2.29. The molecule has 66 heavy (non-hydrogen) atoms. The van der Waals surface area contributed by atoms with E-state index in [0.717, 1.165) is 64.2 Å². The van der Waals surface area contributed by atoms with Crippen molar-refractivity contribution < 1.29 is 66.3 Å². The minimum absolute atomic E-state index is 0.0217. The normalized spacial score (nSPS) is 18.2. The monoisotopic (exact) mass is 962 g/mol. The number of carbonyl (C=O) groups excluding carboxylic acids is 2. The molecular weight excluding hydrogens is 886 g/mol. The van der Waals surface area contributed by atoms with E-state index in [2.05, 4.69) is 120 Å². The van der Waals surface area contributed by atoms with Crippen LogP contribution in [0.5, 0.6) is 0 Å². The van der Waals surface area contributed by atoms with Crippen LogP contribution in [0.3, 0.4) is 0 Å². The van der Waals surface area contributed by atoms with Crippen LogP contribution in [0.2, 0.25) is 0 Å². The van der Waals surface area contributed by atoms with Gasteiger partial charge in [0.25, 0.3) is 0 Å². The van der Waals surface area contributed by atoms with E-state index in [1.165, 1.54) is 0 Å². The van der Waals surface area contributed by atoms with Gasteiger partial charge >= 0.3 is 27.6 Å². The highest BCUT2D eigenvalue weighted by atomic mass is 31.2. The second-order valence-corrected chi connectivity index (χ2v) is 17.6. The molecule has 0 aromatic rings. The Kier molecular flexibility index (Phi) is 36.8. The van der Waals surface area contributed by atoms with Gasteiger partial charge in [-0.2, -0.15) is 0 Å². The van der Waals surface area contributed by atoms with Crippen LogP contribution in [0.4, 0.5) is 0 Å². The minimum atomic E-state index is -4.89. The standard InChI is InChI=1S/C50H76O14P2/c1-3-5-7-8-9-10-11-12-13-14-15-16-17-18-22-25-28-31-35-39-49(52)59-43-46(44-62-66(57,58)61-42-45(51)41-60-65(54,55)56)63-50(53)40-36-32-29-26-23-20-19-21-24-27-30-34-38-48-47(64-48)37-33-6-4-2/h5-7,9-10,12-13,15-16,18,20-24,28-34,45-48,51H,3-4,8,11,14,17,19,25-27,35-44H2,1-2H3,(H,57,58)(H2,54,55,56)/b7-5-,10-9-,13-12-,16-15-,22-18-,23-20-,24-21-,31-28-,32-29-,33-6-,34-30-/t45-,46+,47?,48?/m0/s1. The summed E-state index contributed by atoms with van der Waals surface area (Å²) in [5.41, 5.74) is 0. The van der Waals surface area contributed by atoms with Gasteiger partial charge in [-0.15, -0.1) is 0 Å². The van der Waals surface area contributed by atoms with Crippen molar-refractivity contribution in [3.63, 3.8) is 0 Å². The van der Waals surface area contributed by atoms with Crippen molar-refractivity contribution in [2.75, 3.05) is 26.4 Å². The molecule has 1 heterocycles. The number of aliphatic hydroxyl groups excluding tert-OH is 1. The van der Waals surface area contributed by atoms with Crippen LogP contribution >= 0.6 is 15.6 Å². The molecule has 0 bridgehead atoms. The lowest BCUT2D eigenvalue weighted by atomic mass is 10.1. The molecule has 0 aliphatic carbocycles. The zero-order valence-electron chi connectivity index (χ0n) is 38.9. The fraction of sp³-hybridized carbons (Fsp3) is 0.520. The van der Waals surface area contributed by atoms with Gasteiger partial charge in [-0.3, -0.25) is 23.2 Å². The summed E-state index contributed by atoms with van der Waals surface area (Å²) in [6, 6.07) is 0. The summed E-state index contributed by atoms with van der Waals surface area (Å²) in [6.45, 7) is 1.33. The molecule has 1 fully saturated rings. The Hall–Kier alpha value is -3.78. The molecule has 4 N–H and O–H groups in total. The van der Waals surface area contributed by atoms with Gasteiger partial charge in [0, 0.05) is 12.8 Å². The maximum absolute atomic E-state index is 12.7. The Morgan fingerprint density at radius 3 is 1.32 bits per heavy atom. The van der Waals surface area contributed by atoms with Crippen LogP contribution < -0.4 is 0 Å². The number of rotatable bonds is 40. The van der Waals surface area contributed by atoms with Crippen LogP contribution in [-0.2, 0) is 46.5 Å². The molecule has 0 aromatic heterocycles. The predicted molar refractivity (Wildman–Crippen MR) is 261 cm³/mol. The number of hydrogen-bond donors (Lipinski definition) is 4. The van der Waals surface area contributed by atoms with Crippen LogP contribution in [-0.4, -0.2) is 82.6 Å². The van der Waals surface area contributed by atoms with Gasteiger partial charge in [0.2, 0.25) is 0 Å². The predicted octanol–water partition coefficient (Wildman–Crippen LogP) is 11.2. The summed E-state index contributed by atoms with van der Waals surface area (Å²) in [7, 11) is -9.75. The third kappa shape index (κ3) is 40.5. The number of esters is 2. The van der Waals surface area contributed by atoms with Gasteiger partial charge in [0.1, 0.15) is 12.7 Å². The Morgan fingerprint density at radius 2 is 0.864 bits per heavy atom. The second-order valence-electron chi connectivity index (χ2n) is 14.9. The number of phosphoric ester groups is 2. The highest BCUT2D eigenvalue weighted by molar-refractivity contribution is 7.47. The van der Waals surface area contributed by atoms with Gasteiger partial charge in [-0.25, -0.2) is 9.13 Å². The molecule has 16 heteroatoms. The maximum Gasteiger partial charge on any atom is 0.472 e. The Morgan fingerprint density at radius 1 is 0.500 bits per heavy atom. The van der Waals surface area contributed by atoms with Crippen LogP contribution in [0.25, 0.3) is 0 Å². The maximum atomic E-state index is 12.7. The largest absolute Gasteiger partial charge is 0.472 e. The molecule has 1 saturated heterocycles. The van der Waals surface area contributed by atoms with E-state index < -0.39 is 66.2 Å². The number of ether oxygens (including phenoxy) is 3. The van der Waals surface area contributed by atoms with Crippen molar-refractivity contribution in [3.05, 3.63) is 134 Å². The number of carbonyl (C=O) groups is 2. The van der Waals surface area contributed by atoms with E-state index in [9.17, 15) is 28.7 Å². The first kappa shape index (κ1) is 60.2. The molecule has 0 aromatic carbocycles. The number of epoxide rings is 1. The summed E-state index contributed by atoms with van der Waals surface area (Å²) >= 11 is 0. The highest BCUT2D eigenvalue weighted by Gasteiger charge is 2.36. The number of phosphoric acid groups is 2. The van der Waals surface area contributed by atoms with Crippen LogP contribution in [0.15, 0.2) is 134 Å². The molecule has 1 aliphatic rings. The van der Waals surface area contributed by atoms with E-state index in [0.29, 0.717) is 37.9 Å². The molecule has 1 rings (SSSR count). The summed E-state index contributed by atoms with van der Waals surface area (Å²) in [5, 5.41) is 9.76. The van der Waals surface area contributed by atoms with Gasteiger partial charge in [-0.05, 0) is 89.9 Å². The smallest absolute Gasteiger partial charge is 0.462 e. The zero-order chi connectivity index (χ0) is 48.4. The van der Waals surface area contributed by atoms with Crippen molar-refractivity contribution in [2.24, 2.45) is 0 Å². The first-order valence-corrected chi connectivity index (χ1v) is 26.0. The van der Waals surface area contributed by atoms with Crippen molar-refractivity contribution in [1.82, 2.24) is 0 Å². The molecule has 0 amide bonds. The summed E-state index contributed by atoms with van der Waals surface area (Å²) in [5.74, 6) is -1.25. The van der Waals surface area contributed by atoms with Crippen molar-refractivity contribution in [3.8, 4) is 0 Å². The highest BCUT2D eigenvalue weighted by Crippen LogP contribution is 2.44. The van der Waals surface area contributed by atoms with Crippen molar-refractivity contribution in [2.45, 2.75) is 141 Å². The molecule has 3 unspecified atom stereocenters. The third-order valence-corrected chi connectivity index (χ3v) is 10.4. The molecule has 0 saturated carbocycles. The van der Waals surface area contributed by atoms with Gasteiger partial charge in [0.15, 0.2) is 6.10 Å². The van der Waals surface area contributed by atoms with E-state index >= 15 is 0 Å². The SMILES string of the molecule is CC/C=C\C/C=C\C/C=C\C/C=C\C/C=C\C/C=C\CCC(=O)OC[C@H](COP(=O)(O)OC[C@@H](O)COP(=O)(O)O)OC(=O)CC/C=C\C/C=C\C/C=C\C/C=C\CC1OC1C/C=C\CC. The molecule has 14 nitrogen and oxygen atoms in total. The first-order valence-electron chi connectivity index (χ1n) is 23.0. The van der Waals surface area contributed by atoms with E-state index in [1.807, 2.05) is 36.5 Å². The van der Waals surface area contributed by atoms with Crippen molar-refractivity contribution in [1.29, 1.82) is 0 Å². The molecule has 0 spiro atoms. The van der Waals surface area contributed by atoms with Crippen LogP contribution in [0, 0.1) is 0 Å². The minimum Gasteiger partial charge on any atom is -0.462 e. The number of aliphatic hydroxyl groups is 1. The lowest BCUT2D eigenvalue weighted by Gasteiger charge is -2.20. The molecule has 370 valence electrons. The third-order valence-electron chi connectivity index (χ3n) is 8.95. The zero-order valence-corrected chi connectivity index (χ0v) is 40.7. The molecule has 5 atom stereocenters. The Labute approximate surface area is 393 Å². The molecular formula is C50H76O14P2. The Bertz CT molecular complexity index is 1730. The topological polar surface area (TPSA) is 208 Å². The Balaban J connectivity index is 2.45. The number of allylic oxidation sites excluding steroid dienone is 20. The van der Waals surface area contributed by atoms with Gasteiger partial charge in [0.05, 0.1) is 32.0 Å². The van der Waals surface area contributed by atoms with E-state index in [4.69, 9.17) is 28.5 Å². The van der Waals surface area contributed by atoms with Gasteiger partial charge in [-0.1, -0.05) is 148 Å². The summed E-state index contributed by atoms with van der Waals surface area (Å²) < 4.78 is 53.3. The summed E-state index contributed by atoms with van der Waals surface area (Å²) in [6.07, 6.45) is 55.1. The second kappa shape index (κ2) is 40.3. The fourth-order valence-corrected chi connectivity index (χ4v) is 6.60. The average molecular weight is 963 g/mol. The molecule has 1 aliphatic heterocycles. The summed E-state index contributed by atoms with van der Waals surface area (Å²) in [4.78, 5) is 52.7. The van der Waals surface area contributed by atoms with Gasteiger partial charge < -0.3 is 34.0 Å². The fourth-order valence-electron chi connectivity index (χ4n) is 5.44. The quantitative estimate of drug-likeness (QED) is 0.0195. The lowest BCUT2D eigenvalue weighted by molar-refractivity contribution is -0.161. The van der Waals surface area contributed by atoms with E-state index in [1.54, 1.807) is 0 Å². The number of hydrogen-bond acceptors (Lipinski definition) is 11. The van der Waals surface area contributed by atoms with Crippen molar-refractivity contribution >= 4 is 27.6 Å². The molecule has 0 radical (unpaired) electrons.